The zero-order valence-electron chi connectivity index (χ0n) is 7.05. The van der Waals surface area contributed by atoms with Crippen molar-refractivity contribution >= 4 is 11.6 Å². The molecule has 0 saturated carbocycles. The van der Waals surface area contributed by atoms with Gasteiger partial charge in [0.05, 0.1) is 24.4 Å². The van der Waals surface area contributed by atoms with Crippen molar-refractivity contribution in [3.8, 4) is 5.88 Å². The second-order valence-corrected chi connectivity index (χ2v) is 2.70. The van der Waals surface area contributed by atoms with Crippen LogP contribution in [-0.2, 0) is 6.61 Å². The third kappa shape index (κ3) is 2.08. The summed E-state index contributed by atoms with van der Waals surface area (Å²) in [6.45, 7) is 1.57. The van der Waals surface area contributed by atoms with Gasteiger partial charge in [0.2, 0.25) is 0 Å². The van der Waals surface area contributed by atoms with Crippen molar-refractivity contribution in [1.82, 2.24) is 4.98 Å². The van der Waals surface area contributed by atoms with E-state index >= 15 is 0 Å². The number of aromatic nitrogens is 1. The molecule has 0 unspecified atom stereocenters. The van der Waals surface area contributed by atoms with Gasteiger partial charge in [-0.2, -0.15) is 0 Å². The van der Waals surface area contributed by atoms with Crippen molar-refractivity contribution in [2.45, 2.75) is 13.5 Å². The monoisotopic (exact) mass is 205 g/mol. The number of rotatable bonds is 3. The first-order valence-electron chi connectivity index (χ1n) is 3.77. The van der Waals surface area contributed by atoms with Crippen molar-refractivity contribution < 1.29 is 14.2 Å². The lowest BCUT2D eigenvalue weighted by atomic mass is 10.2. The van der Waals surface area contributed by atoms with Crippen LogP contribution in [0.3, 0.4) is 0 Å². The summed E-state index contributed by atoms with van der Waals surface area (Å²) in [6.07, 6.45) is 1.25. The van der Waals surface area contributed by atoms with E-state index in [1.165, 1.54) is 6.20 Å². The summed E-state index contributed by atoms with van der Waals surface area (Å²) in [4.78, 5) is 3.64. The number of aliphatic hydroxyl groups is 1. The molecule has 0 aromatic carbocycles. The van der Waals surface area contributed by atoms with Gasteiger partial charge in [-0.3, -0.25) is 0 Å². The highest BCUT2D eigenvalue weighted by molar-refractivity contribution is 6.31. The number of halogens is 2. The summed E-state index contributed by atoms with van der Waals surface area (Å²) in [7, 11) is 0. The van der Waals surface area contributed by atoms with E-state index in [0.717, 1.165) is 0 Å². The molecule has 0 saturated heterocycles. The second-order valence-electron chi connectivity index (χ2n) is 2.29. The summed E-state index contributed by atoms with van der Waals surface area (Å²) in [5.41, 5.74) is 0.0140. The summed E-state index contributed by atoms with van der Waals surface area (Å²) in [6, 6.07) is 0. The summed E-state index contributed by atoms with van der Waals surface area (Å²) in [5, 5.41) is 8.88. The first kappa shape index (κ1) is 10.2. The van der Waals surface area contributed by atoms with Crippen LogP contribution in [0.4, 0.5) is 4.39 Å². The molecule has 0 aliphatic heterocycles. The van der Waals surface area contributed by atoms with E-state index in [4.69, 9.17) is 21.4 Å². The third-order valence-electron chi connectivity index (χ3n) is 1.48. The van der Waals surface area contributed by atoms with E-state index in [-0.39, 0.29) is 16.5 Å². The number of pyridine rings is 1. The van der Waals surface area contributed by atoms with E-state index < -0.39 is 12.4 Å². The fourth-order valence-electron chi connectivity index (χ4n) is 0.866. The maximum atomic E-state index is 13.3. The lowest BCUT2D eigenvalue weighted by molar-refractivity contribution is 0.266. The average Bonchev–Trinajstić information content (AvgIpc) is 2.11. The van der Waals surface area contributed by atoms with Crippen LogP contribution in [-0.4, -0.2) is 16.7 Å². The number of aliphatic hydroxyl groups excluding tert-OH is 1. The normalized spacial score (nSPS) is 10.2. The van der Waals surface area contributed by atoms with Gasteiger partial charge in [0, 0.05) is 5.56 Å². The quantitative estimate of drug-likeness (QED) is 0.818. The van der Waals surface area contributed by atoms with Crippen LogP contribution >= 0.6 is 11.6 Å². The van der Waals surface area contributed by atoms with Crippen molar-refractivity contribution in [2.75, 3.05) is 6.61 Å². The predicted molar refractivity (Wildman–Crippen MR) is 46.3 cm³/mol. The van der Waals surface area contributed by atoms with Gasteiger partial charge in [-0.05, 0) is 6.92 Å². The SMILES string of the molecule is CCOc1ncc(Cl)c(CO)c1F. The lowest BCUT2D eigenvalue weighted by Crippen LogP contribution is -2.01. The lowest BCUT2D eigenvalue weighted by Gasteiger charge is -2.06. The van der Waals surface area contributed by atoms with Gasteiger partial charge in [-0.25, -0.2) is 9.37 Å². The zero-order valence-corrected chi connectivity index (χ0v) is 7.81. The molecule has 1 rings (SSSR count). The van der Waals surface area contributed by atoms with Crippen LogP contribution in [0.25, 0.3) is 0 Å². The van der Waals surface area contributed by atoms with Gasteiger partial charge < -0.3 is 9.84 Å². The molecule has 0 aliphatic rings. The Balaban J connectivity index is 3.11. The van der Waals surface area contributed by atoms with Crippen LogP contribution in [0.1, 0.15) is 12.5 Å². The molecule has 72 valence electrons. The van der Waals surface area contributed by atoms with Gasteiger partial charge in [-0.1, -0.05) is 11.6 Å². The second kappa shape index (κ2) is 4.39. The molecule has 5 heteroatoms. The van der Waals surface area contributed by atoms with Crippen LogP contribution in [0.15, 0.2) is 6.20 Å². The minimum Gasteiger partial charge on any atom is -0.476 e. The standard InChI is InChI=1S/C8H9ClFNO2/c1-2-13-8-7(10)5(4-12)6(9)3-11-8/h3,12H,2,4H2,1H3. The fraction of sp³-hybridized carbons (Fsp3) is 0.375. The molecule has 0 atom stereocenters. The Bertz CT molecular complexity index is 306. The maximum absolute atomic E-state index is 13.3. The highest BCUT2D eigenvalue weighted by atomic mass is 35.5. The van der Waals surface area contributed by atoms with E-state index in [1.807, 2.05) is 0 Å². The Hall–Kier alpha value is -0.870. The van der Waals surface area contributed by atoms with Crippen molar-refractivity contribution in [1.29, 1.82) is 0 Å². The van der Waals surface area contributed by atoms with E-state index in [9.17, 15) is 4.39 Å². The van der Waals surface area contributed by atoms with Crippen molar-refractivity contribution in [2.24, 2.45) is 0 Å². The third-order valence-corrected chi connectivity index (χ3v) is 1.80. The largest absolute Gasteiger partial charge is 0.476 e. The van der Waals surface area contributed by atoms with Crippen LogP contribution in [0.2, 0.25) is 5.02 Å². The molecule has 3 nitrogen and oxygen atoms in total. The first-order chi connectivity index (χ1) is 6.20. The molecule has 13 heavy (non-hydrogen) atoms. The predicted octanol–water partition coefficient (Wildman–Crippen LogP) is 1.77. The van der Waals surface area contributed by atoms with Crippen molar-refractivity contribution in [3.63, 3.8) is 0 Å². The first-order valence-corrected chi connectivity index (χ1v) is 4.15. The molecule has 1 aromatic heterocycles. The zero-order chi connectivity index (χ0) is 9.84. The smallest absolute Gasteiger partial charge is 0.250 e. The van der Waals surface area contributed by atoms with E-state index in [1.54, 1.807) is 6.92 Å². The Morgan fingerprint density at radius 3 is 2.92 bits per heavy atom. The highest BCUT2D eigenvalue weighted by Gasteiger charge is 2.13. The Labute approximate surface area is 80.1 Å². The minimum absolute atomic E-state index is 0.0140. The summed E-state index contributed by atoms with van der Waals surface area (Å²) < 4.78 is 18.2. The van der Waals surface area contributed by atoms with Gasteiger partial charge in [0.15, 0.2) is 5.82 Å². The Kier molecular flexibility index (Phi) is 3.45. The summed E-state index contributed by atoms with van der Waals surface area (Å²) >= 11 is 5.58. The number of nitrogens with zero attached hydrogens (tertiary/aromatic N) is 1. The fourth-order valence-corrected chi connectivity index (χ4v) is 1.06. The molecular formula is C8H9ClFNO2. The molecule has 1 heterocycles. The molecule has 0 bridgehead atoms. The number of ether oxygens (including phenoxy) is 1. The van der Waals surface area contributed by atoms with Gasteiger partial charge in [0.1, 0.15) is 0 Å². The van der Waals surface area contributed by atoms with Crippen molar-refractivity contribution in [3.05, 3.63) is 22.6 Å². The molecule has 1 N–H and O–H groups in total. The van der Waals surface area contributed by atoms with Gasteiger partial charge in [-0.15, -0.1) is 0 Å². The molecule has 0 amide bonds. The Morgan fingerprint density at radius 2 is 2.38 bits per heavy atom. The molecule has 0 fully saturated rings. The van der Waals surface area contributed by atoms with E-state index in [2.05, 4.69) is 4.98 Å². The molecular weight excluding hydrogens is 197 g/mol. The van der Waals surface area contributed by atoms with Crippen LogP contribution in [0.5, 0.6) is 5.88 Å². The topological polar surface area (TPSA) is 42.4 Å². The summed E-state index contributed by atoms with van der Waals surface area (Å²) in [5.74, 6) is -0.826. The van der Waals surface area contributed by atoms with Gasteiger partial charge >= 0.3 is 0 Å². The molecule has 0 radical (unpaired) electrons. The molecule has 1 aromatic rings. The highest BCUT2D eigenvalue weighted by Crippen LogP contribution is 2.24. The average molecular weight is 206 g/mol. The van der Waals surface area contributed by atoms with Crippen LogP contribution < -0.4 is 4.74 Å². The van der Waals surface area contributed by atoms with Crippen LogP contribution in [0, 0.1) is 5.82 Å². The maximum Gasteiger partial charge on any atom is 0.250 e. The Morgan fingerprint density at radius 1 is 1.69 bits per heavy atom. The molecule has 0 spiro atoms. The van der Waals surface area contributed by atoms with E-state index in [0.29, 0.717) is 6.61 Å². The molecule has 0 aliphatic carbocycles. The number of hydrogen-bond donors (Lipinski definition) is 1. The minimum atomic E-state index is -0.697. The number of hydrogen-bond acceptors (Lipinski definition) is 3. The van der Waals surface area contributed by atoms with Gasteiger partial charge in [0.25, 0.3) is 5.88 Å².